The van der Waals surface area contributed by atoms with Gasteiger partial charge < -0.3 is 25.8 Å². The predicted octanol–water partition coefficient (Wildman–Crippen LogP) is -2.17. The van der Waals surface area contributed by atoms with Crippen molar-refractivity contribution in [3.8, 4) is 0 Å². The number of hydrogen-bond donors (Lipinski definition) is 3. The minimum absolute atomic E-state index is 0.196. The van der Waals surface area contributed by atoms with Crippen LogP contribution in [0.15, 0.2) is 0 Å². The Morgan fingerprint density at radius 3 is 2.12 bits per heavy atom. The number of carbonyl (C=O) groups excluding carboxylic acids is 5. The topological polar surface area (TPSA) is 154 Å². The van der Waals surface area contributed by atoms with Gasteiger partial charge in [0, 0.05) is 12.3 Å². The van der Waals surface area contributed by atoms with Crippen molar-refractivity contribution in [3.05, 3.63) is 0 Å². The van der Waals surface area contributed by atoms with Crippen molar-refractivity contribution in [1.29, 1.82) is 0 Å². The second-order valence-electron chi connectivity index (χ2n) is 5.43. The normalized spacial score (nSPS) is 19.2. The van der Waals surface area contributed by atoms with E-state index in [9.17, 15) is 24.0 Å². The molecule has 0 saturated carbocycles. The van der Waals surface area contributed by atoms with Gasteiger partial charge in [0.1, 0.15) is 12.1 Å². The summed E-state index contributed by atoms with van der Waals surface area (Å²) < 4.78 is 9.09. The van der Waals surface area contributed by atoms with E-state index in [1.165, 1.54) is 6.92 Å². The van der Waals surface area contributed by atoms with Crippen LogP contribution in [0, 0.1) is 11.8 Å². The average Bonchev–Trinajstić information content (AvgIpc) is 2.98. The second kappa shape index (κ2) is 8.27. The van der Waals surface area contributed by atoms with Crippen molar-refractivity contribution in [1.82, 2.24) is 10.6 Å². The van der Waals surface area contributed by atoms with E-state index in [1.807, 2.05) is 0 Å². The molecule has 10 heteroatoms. The lowest BCUT2D eigenvalue weighted by Crippen LogP contribution is -2.56. The number of ether oxygens (including phenoxy) is 2. The third-order valence-electron chi connectivity index (χ3n) is 3.88. The first-order valence-corrected chi connectivity index (χ1v) is 7.27. The summed E-state index contributed by atoms with van der Waals surface area (Å²) in [6.45, 7) is 1.39. The predicted molar refractivity (Wildman–Crippen MR) is 79.0 cm³/mol. The van der Waals surface area contributed by atoms with E-state index in [1.54, 1.807) is 0 Å². The molecule has 24 heavy (non-hydrogen) atoms. The van der Waals surface area contributed by atoms with Gasteiger partial charge in [0.15, 0.2) is 5.92 Å². The number of esters is 2. The van der Waals surface area contributed by atoms with Crippen LogP contribution in [0.5, 0.6) is 0 Å². The second-order valence-corrected chi connectivity index (χ2v) is 5.43. The van der Waals surface area contributed by atoms with E-state index in [2.05, 4.69) is 20.1 Å². The maximum atomic E-state index is 12.1. The number of nitrogens with two attached hydrogens (primary N) is 1. The molecule has 3 atom stereocenters. The molecule has 0 radical (unpaired) electrons. The quantitative estimate of drug-likeness (QED) is 0.351. The smallest absolute Gasteiger partial charge is 0.320 e. The van der Waals surface area contributed by atoms with Crippen molar-refractivity contribution in [3.63, 3.8) is 0 Å². The van der Waals surface area contributed by atoms with Crippen LogP contribution in [0.2, 0.25) is 0 Å². The number of carbonyl (C=O) groups is 5. The maximum absolute atomic E-state index is 12.1. The Morgan fingerprint density at radius 1 is 1.21 bits per heavy atom. The molecule has 134 valence electrons. The maximum Gasteiger partial charge on any atom is 0.320 e. The number of nitrogens with one attached hydrogen (secondary N) is 2. The van der Waals surface area contributed by atoms with Gasteiger partial charge >= 0.3 is 11.9 Å². The Morgan fingerprint density at radius 2 is 1.75 bits per heavy atom. The summed E-state index contributed by atoms with van der Waals surface area (Å²) >= 11 is 0. The van der Waals surface area contributed by atoms with E-state index in [-0.39, 0.29) is 18.7 Å². The zero-order valence-electron chi connectivity index (χ0n) is 13.7. The molecule has 0 aromatic heterocycles. The molecule has 3 amide bonds. The van der Waals surface area contributed by atoms with Crippen molar-refractivity contribution >= 4 is 29.7 Å². The van der Waals surface area contributed by atoms with Crippen molar-refractivity contribution in [2.75, 3.05) is 14.2 Å². The molecule has 1 saturated heterocycles. The van der Waals surface area contributed by atoms with E-state index < -0.39 is 47.7 Å². The highest BCUT2D eigenvalue weighted by molar-refractivity contribution is 5.97. The van der Waals surface area contributed by atoms with Gasteiger partial charge in [0.2, 0.25) is 17.7 Å². The molecular formula is C14H21N3O7. The fraction of sp³-hybridized carbons (Fsp3) is 0.643. The van der Waals surface area contributed by atoms with E-state index in [0.717, 1.165) is 14.2 Å². The lowest BCUT2D eigenvalue weighted by Gasteiger charge is -2.27. The van der Waals surface area contributed by atoms with Gasteiger partial charge in [-0.3, -0.25) is 24.0 Å². The van der Waals surface area contributed by atoms with Crippen LogP contribution in [-0.2, 0) is 33.4 Å². The van der Waals surface area contributed by atoms with Crippen molar-refractivity contribution < 1.29 is 33.4 Å². The van der Waals surface area contributed by atoms with Crippen LogP contribution in [0.25, 0.3) is 0 Å². The van der Waals surface area contributed by atoms with Gasteiger partial charge in [-0.25, -0.2) is 0 Å². The van der Waals surface area contributed by atoms with E-state index in [4.69, 9.17) is 5.73 Å². The minimum Gasteiger partial charge on any atom is -0.468 e. The molecule has 0 bridgehead atoms. The Kier molecular flexibility index (Phi) is 6.69. The number of rotatable bonds is 7. The highest BCUT2D eigenvalue weighted by atomic mass is 16.5. The Balaban J connectivity index is 2.94. The van der Waals surface area contributed by atoms with Gasteiger partial charge in [-0.15, -0.1) is 0 Å². The summed E-state index contributed by atoms with van der Waals surface area (Å²) in [6.07, 6.45) is 0.476. The molecule has 10 nitrogen and oxygen atoms in total. The van der Waals surface area contributed by atoms with Crippen LogP contribution < -0.4 is 16.4 Å². The first-order valence-electron chi connectivity index (χ1n) is 7.27. The van der Waals surface area contributed by atoms with E-state index >= 15 is 0 Å². The lowest BCUT2D eigenvalue weighted by atomic mass is 9.86. The lowest BCUT2D eigenvalue weighted by molar-refractivity contribution is -0.162. The van der Waals surface area contributed by atoms with Crippen LogP contribution in [0.4, 0.5) is 0 Å². The van der Waals surface area contributed by atoms with Crippen LogP contribution in [-0.4, -0.2) is 56.0 Å². The number of amides is 3. The van der Waals surface area contributed by atoms with Gasteiger partial charge in [0.05, 0.1) is 14.2 Å². The molecule has 0 unspecified atom stereocenters. The van der Waals surface area contributed by atoms with E-state index in [0.29, 0.717) is 0 Å². The van der Waals surface area contributed by atoms with Crippen molar-refractivity contribution in [2.45, 2.75) is 31.8 Å². The SMILES string of the molecule is COC(=O)C(C(=O)OC)[C@@H](C)[C@H](NC(=O)[C@H]1CCC(=O)N1)C(N)=O. The first kappa shape index (κ1) is 19.4. The number of primary amides is 1. The largest absolute Gasteiger partial charge is 0.468 e. The van der Waals surface area contributed by atoms with Crippen LogP contribution in [0.3, 0.4) is 0 Å². The molecule has 1 fully saturated rings. The standard InChI is InChI=1S/C14H21N3O7/c1-6(9(13(21)23-2)14(22)24-3)10(11(15)19)17-12(20)7-4-5-8(18)16-7/h6-7,9-10H,4-5H2,1-3H3,(H2,15,19)(H,16,18)(H,17,20)/t6-,7-,10+/m1/s1. The fourth-order valence-electron chi connectivity index (χ4n) is 2.50. The fourth-order valence-corrected chi connectivity index (χ4v) is 2.50. The highest BCUT2D eigenvalue weighted by Gasteiger charge is 2.42. The van der Waals surface area contributed by atoms with Crippen LogP contribution >= 0.6 is 0 Å². The third kappa shape index (κ3) is 4.43. The molecule has 0 aromatic rings. The zero-order chi connectivity index (χ0) is 18.4. The van der Waals surface area contributed by atoms with Gasteiger partial charge in [-0.1, -0.05) is 6.92 Å². The molecule has 1 aliphatic heterocycles. The zero-order valence-corrected chi connectivity index (χ0v) is 13.7. The monoisotopic (exact) mass is 343 g/mol. The summed E-state index contributed by atoms with van der Waals surface area (Å²) in [6, 6.07) is -2.11. The Bertz CT molecular complexity index is 532. The van der Waals surface area contributed by atoms with Crippen LogP contribution in [0.1, 0.15) is 19.8 Å². The van der Waals surface area contributed by atoms with Gasteiger partial charge in [-0.2, -0.15) is 0 Å². The summed E-state index contributed by atoms with van der Waals surface area (Å²) in [5, 5.41) is 4.82. The third-order valence-corrected chi connectivity index (χ3v) is 3.88. The Labute approximate surface area is 138 Å². The highest BCUT2D eigenvalue weighted by Crippen LogP contribution is 2.20. The molecule has 0 aliphatic carbocycles. The van der Waals surface area contributed by atoms with Crippen molar-refractivity contribution in [2.24, 2.45) is 17.6 Å². The Hall–Kier alpha value is -2.65. The van der Waals surface area contributed by atoms with Gasteiger partial charge in [0.25, 0.3) is 0 Å². The molecule has 1 aliphatic rings. The molecular weight excluding hydrogens is 322 g/mol. The van der Waals surface area contributed by atoms with Gasteiger partial charge in [-0.05, 0) is 6.42 Å². The summed E-state index contributed by atoms with van der Waals surface area (Å²) in [5.41, 5.74) is 5.29. The summed E-state index contributed by atoms with van der Waals surface area (Å²) in [4.78, 5) is 58.7. The molecule has 0 spiro atoms. The minimum atomic E-state index is -1.43. The molecule has 0 aromatic carbocycles. The number of methoxy groups -OCH3 is 2. The molecule has 1 rings (SSSR count). The molecule has 1 heterocycles. The first-order chi connectivity index (χ1) is 11.2. The summed E-state index contributed by atoms with van der Waals surface area (Å²) in [7, 11) is 2.16. The molecule has 4 N–H and O–H groups in total. The average molecular weight is 343 g/mol. The number of hydrogen-bond acceptors (Lipinski definition) is 7. The summed E-state index contributed by atoms with van der Waals surface area (Å²) in [5.74, 6) is -6.10.